The van der Waals surface area contributed by atoms with Crippen LogP contribution in [0.4, 0.5) is 11.4 Å². The highest BCUT2D eigenvalue weighted by molar-refractivity contribution is 7.92. The Balaban J connectivity index is 1.84. The molecule has 0 aliphatic rings. The lowest BCUT2D eigenvalue weighted by Gasteiger charge is -2.12. The van der Waals surface area contributed by atoms with Gasteiger partial charge in [0.1, 0.15) is 0 Å². The largest absolute Gasteiger partial charge is 0.465 e. The van der Waals surface area contributed by atoms with Crippen LogP contribution in [0.2, 0.25) is 0 Å². The molecule has 0 atom stereocenters. The van der Waals surface area contributed by atoms with Crippen LogP contribution in [0.15, 0.2) is 77.7 Å². The molecule has 0 radical (unpaired) electrons. The van der Waals surface area contributed by atoms with Crippen molar-refractivity contribution in [3.8, 4) is 0 Å². The Morgan fingerprint density at radius 2 is 1.60 bits per heavy atom. The molecule has 0 aliphatic carbocycles. The van der Waals surface area contributed by atoms with Crippen LogP contribution in [0.3, 0.4) is 0 Å². The van der Waals surface area contributed by atoms with Crippen molar-refractivity contribution in [2.75, 3.05) is 17.1 Å². The number of carbonyl (C=O) groups excluding carboxylic acids is 2. The van der Waals surface area contributed by atoms with Crippen LogP contribution in [0.1, 0.15) is 26.3 Å². The van der Waals surface area contributed by atoms with Crippen molar-refractivity contribution in [3.05, 3.63) is 89.5 Å². The molecular formula is C22H20N2O5S. The van der Waals surface area contributed by atoms with Crippen molar-refractivity contribution in [3.63, 3.8) is 0 Å². The van der Waals surface area contributed by atoms with Crippen molar-refractivity contribution in [1.29, 1.82) is 0 Å². The average molecular weight is 424 g/mol. The smallest absolute Gasteiger partial charge is 0.337 e. The molecule has 154 valence electrons. The van der Waals surface area contributed by atoms with Gasteiger partial charge in [-0.25, -0.2) is 13.2 Å². The first-order chi connectivity index (χ1) is 14.3. The zero-order valence-electron chi connectivity index (χ0n) is 16.4. The van der Waals surface area contributed by atoms with Crippen LogP contribution in [-0.4, -0.2) is 27.4 Å². The molecule has 2 N–H and O–H groups in total. The van der Waals surface area contributed by atoms with Crippen LogP contribution in [-0.2, 0) is 14.8 Å². The molecule has 0 saturated heterocycles. The van der Waals surface area contributed by atoms with Gasteiger partial charge in [0.25, 0.3) is 15.9 Å². The summed E-state index contributed by atoms with van der Waals surface area (Å²) in [7, 11) is -2.59. The SMILES string of the molecule is COC(=O)c1ccc(C)c(NC(=O)c2cccc(S(=O)(=O)Nc3ccccc3)c2)c1. The summed E-state index contributed by atoms with van der Waals surface area (Å²) in [5.41, 5.74) is 2.04. The van der Waals surface area contributed by atoms with Gasteiger partial charge in [-0.2, -0.15) is 0 Å². The van der Waals surface area contributed by atoms with Gasteiger partial charge in [-0.15, -0.1) is 0 Å². The summed E-state index contributed by atoms with van der Waals surface area (Å²) >= 11 is 0. The molecule has 30 heavy (non-hydrogen) atoms. The highest BCUT2D eigenvalue weighted by Crippen LogP contribution is 2.21. The van der Waals surface area contributed by atoms with E-state index in [0.29, 0.717) is 16.9 Å². The number of hydrogen-bond donors (Lipinski definition) is 2. The molecule has 1 amide bonds. The van der Waals surface area contributed by atoms with Gasteiger partial charge in [0.15, 0.2) is 0 Å². The standard InChI is InChI=1S/C22H20N2O5S/c1-15-11-12-17(22(26)29-2)14-20(15)23-21(25)16-7-6-10-19(13-16)30(27,28)24-18-8-4-3-5-9-18/h3-14,24H,1-2H3,(H,23,25). The van der Waals surface area contributed by atoms with Gasteiger partial charge in [0.05, 0.1) is 17.6 Å². The maximum atomic E-state index is 12.7. The van der Waals surface area contributed by atoms with Gasteiger partial charge in [-0.3, -0.25) is 9.52 Å². The molecule has 3 aromatic rings. The van der Waals surface area contributed by atoms with E-state index in [4.69, 9.17) is 4.74 Å². The van der Waals surface area contributed by atoms with Crippen LogP contribution >= 0.6 is 0 Å². The lowest BCUT2D eigenvalue weighted by molar-refractivity contribution is 0.0600. The molecule has 0 heterocycles. The fraction of sp³-hybridized carbons (Fsp3) is 0.0909. The number of ether oxygens (including phenoxy) is 1. The number of rotatable bonds is 6. The summed E-state index contributed by atoms with van der Waals surface area (Å²) < 4.78 is 32.5. The lowest BCUT2D eigenvalue weighted by Crippen LogP contribution is -2.16. The van der Waals surface area contributed by atoms with Crippen LogP contribution < -0.4 is 10.0 Å². The van der Waals surface area contributed by atoms with E-state index >= 15 is 0 Å². The number of carbonyl (C=O) groups is 2. The van der Waals surface area contributed by atoms with E-state index in [9.17, 15) is 18.0 Å². The molecule has 7 nitrogen and oxygen atoms in total. The Bertz CT molecular complexity index is 1190. The Labute approximate surface area is 174 Å². The third kappa shape index (κ3) is 4.84. The van der Waals surface area contributed by atoms with E-state index in [-0.39, 0.29) is 10.5 Å². The number of benzene rings is 3. The van der Waals surface area contributed by atoms with Crippen molar-refractivity contribution >= 4 is 33.3 Å². The monoisotopic (exact) mass is 424 g/mol. The Kier molecular flexibility index (Phi) is 6.17. The second-order valence-corrected chi connectivity index (χ2v) is 8.16. The summed E-state index contributed by atoms with van der Waals surface area (Å²) in [5.74, 6) is -1.03. The second-order valence-electron chi connectivity index (χ2n) is 6.47. The number of nitrogens with one attached hydrogen (secondary N) is 2. The van der Waals surface area contributed by atoms with Crippen molar-refractivity contribution in [2.45, 2.75) is 11.8 Å². The minimum Gasteiger partial charge on any atom is -0.465 e. The summed E-state index contributed by atoms with van der Waals surface area (Å²) in [6.07, 6.45) is 0. The molecule has 3 aromatic carbocycles. The molecule has 0 bridgehead atoms. The number of para-hydroxylation sites is 1. The van der Waals surface area contributed by atoms with E-state index in [1.165, 1.54) is 37.4 Å². The van der Waals surface area contributed by atoms with Gasteiger partial charge < -0.3 is 10.1 Å². The second kappa shape index (κ2) is 8.79. The Morgan fingerprint density at radius 1 is 0.867 bits per heavy atom. The van der Waals surface area contributed by atoms with Gasteiger partial charge >= 0.3 is 5.97 Å². The molecule has 8 heteroatoms. The molecule has 0 unspecified atom stereocenters. The van der Waals surface area contributed by atoms with E-state index in [2.05, 4.69) is 10.0 Å². The third-order valence-electron chi connectivity index (χ3n) is 4.34. The molecule has 0 saturated carbocycles. The Hall–Kier alpha value is -3.65. The predicted molar refractivity (Wildman–Crippen MR) is 114 cm³/mol. The van der Waals surface area contributed by atoms with Crippen LogP contribution in [0.25, 0.3) is 0 Å². The lowest BCUT2D eigenvalue weighted by atomic mass is 10.1. The van der Waals surface area contributed by atoms with Gasteiger partial charge in [0, 0.05) is 16.9 Å². The highest BCUT2D eigenvalue weighted by atomic mass is 32.2. The summed E-state index contributed by atoms with van der Waals surface area (Å²) in [5, 5.41) is 2.71. The first-order valence-corrected chi connectivity index (χ1v) is 10.5. The molecule has 0 fully saturated rings. The molecule has 0 spiro atoms. The van der Waals surface area contributed by atoms with Crippen molar-refractivity contribution in [2.24, 2.45) is 0 Å². The number of esters is 1. The molecule has 3 rings (SSSR count). The number of methoxy groups -OCH3 is 1. The number of hydrogen-bond acceptors (Lipinski definition) is 5. The van der Waals surface area contributed by atoms with E-state index in [1.807, 2.05) is 0 Å². The summed E-state index contributed by atoms with van der Waals surface area (Å²) in [4.78, 5) is 24.4. The zero-order chi connectivity index (χ0) is 21.7. The normalized spacial score (nSPS) is 10.9. The highest BCUT2D eigenvalue weighted by Gasteiger charge is 2.17. The molecular weight excluding hydrogens is 404 g/mol. The van der Waals surface area contributed by atoms with E-state index in [1.54, 1.807) is 49.4 Å². The first-order valence-electron chi connectivity index (χ1n) is 8.98. The average Bonchev–Trinajstić information content (AvgIpc) is 2.75. The first kappa shape index (κ1) is 21.1. The number of aryl methyl sites for hydroxylation is 1. The number of anilines is 2. The van der Waals surface area contributed by atoms with Crippen LogP contribution in [0, 0.1) is 6.92 Å². The number of amides is 1. The fourth-order valence-electron chi connectivity index (χ4n) is 2.72. The van der Waals surface area contributed by atoms with Crippen molar-refractivity contribution in [1.82, 2.24) is 0 Å². The quantitative estimate of drug-likeness (QED) is 0.586. The molecule has 0 aromatic heterocycles. The maximum absolute atomic E-state index is 12.7. The fourth-order valence-corrected chi connectivity index (χ4v) is 3.82. The Morgan fingerprint density at radius 3 is 2.30 bits per heavy atom. The van der Waals surface area contributed by atoms with Gasteiger partial charge in [-0.05, 0) is 55.0 Å². The third-order valence-corrected chi connectivity index (χ3v) is 5.72. The maximum Gasteiger partial charge on any atom is 0.337 e. The summed E-state index contributed by atoms with van der Waals surface area (Å²) in [6, 6.07) is 19.0. The topological polar surface area (TPSA) is 102 Å². The van der Waals surface area contributed by atoms with Gasteiger partial charge in [0.2, 0.25) is 0 Å². The van der Waals surface area contributed by atoms with Crippen molar-refractivity contribution < 1.29 is 22.7 Å². The number of sulfonamides is 1. The van der Waals surface area contributed by atoms with Gasteiger partial charge in [-0.1, -0.05) is 30.3 Å². The minimum absolute atomic E-state index is 0.0426. The summed E-state index contributed by atoms with van der Waals surface area (Å²) in [6.45, 7) is 1.78. The zero-order valence-corrected chi connectivity index (χ0v) is 17.2. The van der Waals surface area contributed by atoms with E-state index in [0.717, 1.165) is 5.56 Å². The minimum atomic E-state index is -3.86. The predicted octanol–water partition coefficient (Wildman–Crippen LogP) is 3.83. The van der Waals surface area contributed by atoms with E-state index < -0.39 is 21.9 Å². The van der Waals surface area contributed by atoms with Crippen LogP contribution in [0.5, 0.6) is 0 Å². The molecule has 0 aliphatic heterocycles.